The average Bonchev–Trinajstić information content (AvgIpc) is 2.65. The van der Waals surface area contributed by atoms with Gasteiger partial charge in [0.05, 0.1) is 6.42 Å². The predicted octanol–water partition coefficient (Wildman–Crippen LogP) is 3.79. The van der Waals surface area contributed by atoms with Crippen LogP contribution in [0.4, 0.5) is 0 Å². The largest absolute Gasteiger partial charge is 0.457 e. The number of esters is 1. The second kappa shape index (κ2) is 7.86. The number of halogens is 1. The van der Waals surface area contributed by atoms with Gasteiger partial charge >= 0.3 is 5.97 Å². The van der Waals surface area contributed by atoms with Crippen LogP contribution in [0.15, 0.2) is 24.3 Å². The molecule has 0 spiro atoms. The van der Waals surface area contributed by atoms with E-state index in [1.165, 1.54) is 19.3 Å². The van der Waals surface area contributed by atoms with Crippen LogP contribution in [-0.4, -0.2) is 30.8 Å². The van der Waals surface area contributed by atoms with E-state index in [1.54, 1.807) is 24.3 Å². The highest BCUT2D eigenvalue weighted by atomic mass is 35.5. The molecule has 1 amide bonds. The molecule has 4 aliphatic carbocycles. The lowest BCUT2D eigenvalue weighted by atomic mass is 9.49. The molecule has 28 heavy (non-hydrogen) atoms. The molecule has 150 valence electrons. The molecule has 5 nitrogen and oxygen atoms in total. The maximum atomic E-state index is 12.8. The van der Waals surface area contributed by atoms with Crippen LogP contribution in [0.1, 0.15) is 55.3 Å². The van der Waals surface area contributed by atoms with Crippen LogP contribution in [-0.2, 0) is 14.3 Å². The summed E-state index contributed by atoms with van der Waals surface area (Å²) in [6.07, 6.45) is 6.97. The van der Waals surface area contributed by atoms with Gasteiger partial charge in [0.25, 0.3) is 0 Å². The number of nitrogens with one attached hydrogen (secondary N) is 1. The van der Waals surface area contributed by atoms with E-state index in [1.807, 2.05) is 0 Å². The highest BCUT2D eigenvalue weighted by Gasteiger charge is 2.54. The molecule has 0 unspecified atom stereocenters. The van der Waals surface area contributed by atoms with Crippen molar-refractivity contribution >= 4 is 29.3 Å². The monoisotopic (exact) mass is 403 g/mol. The minimum absolute atomic E-state index is 0.0754. The van der Waals surface area contributed by atoms with E-state index in [-0.39, 0.29) is 36.7 Å². The van der Waals surface area contributed by atoms with E-state index in [0.717, 1.165) is 19.3 Å². The number of benzene rings is 1. The number of hydrogen-bond acceptors (Lipinski definition) is 4. The summed E-state index contributed by atoms with van der Waals surface area (Å²) in [6.45, 7) is -0.0437. The molecule has 0 atom stereocenters. The van der Waals surface area contributed by atoms with Crippen molar-refractivity contribution in [1.82, 2.24) is 5.32 Å². The number of carbonyl (C=O) groups excluding carboxylic acids is 3. The summed E-state index contributed by atoms with van der Waals surface area (Å²) in [5.41, 5.74) is 0.246. The summed E-state index contributed by atoms with van der Waals surface area (Å²) in [7, 11) is 0. The number of rotatable bonds is 7. The smallest absolute Gasteiger partial charge is 0.308 e. The fourth-order valence-electron chi connectivity index (χ4n) is 5.79. The van der Waals surface area contributed by atoms with E-state index in [4.69, 9.17) is 16.3 Å². The van der Waals surface area contributed by atoms with Gasteiger partial charge in [-0.2, -0.15) is 0 Å². The Kier molecular flexibility index (Phi) is 5.46. The lowest BCUT2D eigenvalue weighted by Gasteiger charge is -2.55. The molecule has 4 bridgehead atoms. The summed E-state index contributed by atoms with van der Waals surface area (Å²) in [5.74, 6) is 1.48. The van der Waals surface area contributed by atoms with Crippen molar-refractivity contribution < 1.29 is 19.1 Å². The minimum atomic E-state index is -0.479. The predicted molar refractivity (Wildman–Crippen MR) is 105 cm³/mol. The summed E-state index contributed by atoms with van der Waals surface area (Å²) >= 11 is 5.79. The topological polar surface area (TPSA) is 72.5 Å². The number of carbonyl (C=O) groups is 3. The Balaban J connectivity index is 1.20. The Hall–Kier alpha value is -1.88. The summed E-state index contributed by atoms with van der Waals surface area (Å²) < 4.78 is 5.05. The standard InChI is InChI=1S/C22H26ClNO4/c23-18-3-1-17(2-4-18)19(25)13-28-20(26)5-6-24-21(27)22-10-14-7-15(11-22)9-16(8-14)12-22/h1-4,14-16H,5-13H2,(H,24,27). The van der Waals surface area contributed by atoms with Crippen LogP contribution in [0.5, 0.6) is 0 Å². The lowest BCUT2D eigenvalue weighted by molar-refractivity contribution is -0.147. The second-order valence-corrected chi connectivity index (χ2v) is 9.23. The lowest BCUT2D eigenvalue weighted by Crippen LogP contribution is -2.53. The number of amides is 1. The molecule has 1 aromatic rings. The van der Waals surface area contributed by atoms with Crippen LogP contribution in [0, 0.1) is 23.2 Å². The highest BCUT2D eigenvalue weighted by molar-refractivity contribution is 6.30. The molecule has 0 radical (unpaired) electrons. The van der Waals surface area contributed by atoms with Gasteiger partial charge in [-0.1, -0.05) is 11.6 Å². The van der Waals surface area contributed by atoms with Gasteiger partial charge in [-0.25, -0.2) is 0 Å². The Morgan fingerprint density at radius 3 is 2.14 bits per heavy atom. The van der Waals surface area contributed by atoms with Gasteiger partial charge in [-0.15, -0.1) is 0 Å². The van der Waals surface area contributed by atoms with Gasteiger partial charge in [0.2, 0.25) is 5.91 Å². The van der Waals surface area contributed by atoms with E-state index in [9.17, 15) is 14.4 Å². The van der Waals surface area contributed by atoms with Gasteiger partial charge in [0, 0.05) is 22.5 Å². The SMILES string of the molecule is O=C(CCNC(=O)C12CC3CC(CC(C3)C1)C2)OCC(=O)c1ccc(Cl)cc1. The van der Waals surface area contributed by atoms with E-state index in [0.29, 0.717) is 28.3 Å². The van der Waals surface area contributed by atoms with Crippen molar-refractivity contribution in [3.05, 3.63) is 34.9 Å². The quantitative estimate of drug-likeness (QED) is 0.555. The van der Waals surface area contributed by atoms with E-state index in [2.05, 4.69) is 5.32 Å². The first-order chi connectivity index (χ1) is 13.4. The van der Waals surface area contributed by atoms with Gasteiger partial charge in [-0.05, 0) is 80.5 Å². The van der Waals surface area contributed by atoms with E-state index >= 15 is 0 Å². The van der Waals surface area contributed by atoms with Gasteiger partial charge in [-0.3, -0.25) is 14.4 Å². The molecule has 4 aliphatic rings. The second-order valence-electron chi connectivity index (χ2n) is 8.79. The van der Waals surface area contributed by atoms with E-state index < -0.39 is 5.97 Å². The molecule has 0 aliphatic heterocycles. The van der Waals surface area contributed by atoms with Gasteiger partial charge in [0.1, 0.15) is 0 Å². The molecule has 5 rings (SSSR count). The first kappa shape index (κ1) is 19.4. The molecule has 1 N–H and O–H groups in total. The molecule has 0 aromatic heterocycles. The molecular weight excluding hydrogens is 378 g/mol. The normalized spacial score (nSPS) is 30.1. The molecule has 0 heterocycles. The molecular formula is C22H26ClNO4. The average molecular weight is 404 g/mol. The number of Topliss-reactive ketones (excluding diaryl/α,β-unsaturated/α-hetero) is 1. The zero-order valence-electron chi connectivity index (χ0n) is 15.9. The number of ether oxygens (including phenoxy) is 1. The van der Waals surface area contributed by atoms with Crippen molar-refractivity contribution in [1.29, 1.82) is 0 Å². The first-order valence-electron chi connectivity index (χ1n) is 10.2. The summed E-state index contributed by atoms with van der Waals surface area (Å²) in [5, 5.41) is 3.50. The third kappa shape index (κ3) is 4.09. The zero-order chi connectivity index (χ0) is 19.7. The third-order valence-electron chi connectivity index (χ3n) is 6.67. The highest BCUT2D eigenvalue weighted by Crippen LogP contribution is 2.60. The Labute approximate surface area is 170 Å². The van der Waals surface area contributed by atoms with Gasteiger partial charge < -0.3 is 10.1 Å². The zero-order valence-corrected chi connectivity index (χ0v) is 16.7. The summed E-state index contributed by atoms with van der Waals surface area (Å²) in [4.78, 5) is 36.8. The van der Waals surface area contributed by atoms with Crippen molar-refractivity contribution in [3.8, 4) is 0 Å². The Bertz CT molecular complexity index is 738. The fraction of sp³-hybridized carbons (Fsp3) is 0.591. The van der Waals surface area contributed by atoms with Crippen LogP contribution in [0.3, 0.4) is 0 Å². The maximum absolute atomic E-state index is 12.8. The van der Waals surface area contributed by atoms with Crippen molar-refractivity contribution in [2.75, 3.05) is 13.2 Å². The number of ketones is 1. The van der Waals surface area contributed by atoms with Crippen molar-refractivity contribution in [3.63, 3.8) is 0 Å². The maximum Gasteiger partial charge on any atom is 0.308 e. The molecule has 4 saturated carbocycles. The van der Waals surface area contributed by atoms with Crippen molar-refractivity contribution in [2.24, 2.45) is 23.2 Å². The fourth-order valence-corrected chi connectivity index (χ4v) is 5.92. The summed E-state index contributed by atoms with van der Waals surface area (Å²) in [6, 6.07) is 6.45. The Morgan fingerprint density at radius 2 is 1.57 bits per heavy atom. The Morgan fingerprint density at radius 1 is 1.00 bits per heavy atom. The van der Waals surface area contributed by atoms with Crippen LogP contribution < -0.4 is 5.32 Å². The minimum Gasteiger partial charge on any atom is -0.457 e. The molecule has 4 fully saturated rings. The molecule has 0 saturated heterocycles. The molecule has 6 heteroatoms. The first-order valence-corrected chi connectivity index (χ1v) is 10.5. The molecule has 1 aromatic carbocycles. The van der Waals surface area contributed by atoms with Crippen LogP contribution in [0.2, 0.25) is 5.02 Å². The number of hydrogen-bond donors (Lipinski definition) is 1. The van der Waals surface area contributed by atoms with Crippen LogP contribution >= 0.6 is 11.6 Å². The van der Waals surface area contributed by atoms with Crippen molar-refractivity contribution in [2.45, 2.75) is 44.9 Å². The van der Waals surface area contributed by atoms with Crippen LogP contribution in [0.25, 0.3) is 0 Å². The van der Waals surface area contributed by atoms with Gasteiger partial charge in [0.15, 0.2) is 12.4 Å². The third-order valence-corrected chi connectivity index (χ3v) is 6.92.